The number of amides is 1. The lowest BCUT2D eigenvalue weighted by atomic mass is 10.1. The van der Waals surface area contributed by atoms with Crippen molar-refractivity contribution < 1.29 is 18.0 Å². The molecule has 18 heavy (non-hydrogen) atoms. The average Bonchev–Trinajstić information content (AvgIpc) is 2.28. The lowest BCUT2D eigenvalue weighted by molar-refractivity contribution is -0.137. The summed E-state index contributed by atoms with van der Waals surface area (Å²) < 4.78 is 37.0. The van der Waals surface area contributed by atoms with E-state index in [1.165, 1.54) is 17.0 Å². The largest absolute Gasteiger partial charge is 0.416 e. The maximum Gasteiger partial charge on any atom is 0.416 e. The van der Waals surface area contributed by atoms with Gasteiger partial charge in [-0.1, -0.05) is 12.1 Å². The summed E-state index contributed by atoms with van der Waals surface area (Å²) in [5.74, 6) is -0.127. The Morgan fingerprint density at radius 1 is 1.28 bits per heavy atom. The molecule has 0 unspecified atom stereocenters. The predicted molar refractivity (Wildman–Crippen MR) is 61.6 cm³/mol. The van der Waals surface area contributed by atoms with Gasteiger partial charge in [0.25, 0.3) is 0 Å². The van der Waals surface area contributed by atoms with Gasteiger partial charge < -0.3 is 10.6 Å². The van der Waals surface area contributed by atoms with Gasteiger partial charge in [0.1, 0.15) is 0 Å². The van der Waals surface area contributed by atoms with Gasteiger partial charge in [0.15, 0.2) is 0 Å². The van der Waals surface area contributed by atoms with Gasteiger partial charge in [-0.3, -0.25) is 4.79 Å². The van der Waals surface area contributed by atoms with Gasteiger partial charge in [-0.05, 0) is 17.7 Å². The van der Waals surface area contributed by atoms with Crippen molar-refractivity contribution in [2.45, 2.75) is 19.1 Å². The van der Waals surface area contributed by atoms with Crippen LogP contribution in [0.4, 0.5) is 13.2 Å². The molecular weight excluding hydrogens is 245 g/mol. The number of hydrogen-bond donors (Lipinski definition) is 1. The summed E-state index contributed by atoms with van der Waals surface area (Å²) in [5, 5.41) is 0. The van der Waals surface area contributed by atoms with Crippen LogP contribution in [0, 0.1) is 0 Å². The Bertz CT molecular complexity index is 401. The minimum atomic E-state index is -4.33. The minimum Gasteiger partial charge on any atom is -0.341 e. The Kier molecular flexibility index (Phi) is 4.72. The molecule has 3 nitrogen and oxygen atoms in total. The third kappa shape index (κ3) is 4.03. The number of hydrogen-bond acceptors (Lipinski definition) is 2. The molecular formula is C12H15F3N2O. The molecule has 0 fully saturated rings. The zero-order valence-corrected chi connectivity index (χ0v) is 10.00. The quantitative estimate of drug-likeness (QED) is 0.900. The first-order valence-electron chi connectivity index (χ1n) is 5.44. The highest BCUT2D eigenvalue weighted by atomic mass is 19.4. The monoisotopic (exact) mass is 260 g/mol. The Labute approximate surface area is 103 Å². The van der Waals surface area contributed by atoms with Crippen molar-refractivity contribution in [3.8, 4) is 0 Å². The Morgan fingerprint density at radius 2 is 1.83 bits per heavy atom. The number of carbonyl (C=O) groups is 1. The maximum atomic E-state index is 12.3. The summed E-state index contributed by atoms with van der Waals surface area (Å²) in [5.41, 5.74) is 5.21. The highest BCUT2D eigenvalue weighted by Gasteiger charge is 2.29. The van der Waals surface area contributed by atoms with Crippen molar-refractivity contribution in [2.75, 3.05) is 13.6 Å². The van der Waals surface area contributed by atoms with Crippen LogP contribution in [0.2, 0.25) is 0 Å². The first-order valence-corrected chi connectivity index (χ1v) is 5.44. The molecule has 0 heterocycles. The van der Waals surface area contributed by atoms with Crippen molar-refractivity contribution in [2.24, 2.45) is 5.73 Å². The van der Waals surface area contributed by atoms with Crippen LogP contribution in [0.3, 0.4) is 0 Å². The van der Waals surface area contributed by atoms with Crippen LogP contribution < -0.4 is 5.73 Å². The molecule has 1 aromatic carbocycles. The van der Waals surface area contributed by atoms with Crippen molar-refractivity contribution in [1.29, 1.82) is 0 Å². The van der Waals surface area contributed by atoms with E-state index >= 15 is 0 Å². The van der Waals surface area contributed by atoms with Gasteiger partial charge in [0, 0.05) is 26.6 Å². The van der Waals surface area contributed by atoms with Gasteiger partial charge in [-0.25, -0.2) is 0 Å². The van der Waals surface area contributed by atoms with E-state index in [0.717, 1.165) is 12.1 Å². The summed E-state index contributed by atoms with van der Waals surface area (Å²) in [6.45, 7) is 0.535. The Morgan fingerprint density at radius 3 is 2.28 bits per heavy atom. The first-order chi connectivity index (χ1) is 8.34. The number of benzene rings is 1. The minimum absolute atomic E-state index is 0.127. The van der Waals surface area contributed by atoms with Gasteiger partial charge in [-0.2, -0.15) is 13.2 Å². The van der Waals surface area contributed by atoms with Crippen molar-refractivity contribution in [1.82, 2.24) is 4.90 Å². The highest BCUT2D eigenvalue weighted by molar-refractivity contribution is 5.76. The number of rotatable bonds is 4. The Balaban J connectivity index is 2.67. The molecule has 0 saturated heterocycles. The maximum absolute atomic E-state index is 12.3. The van der Waals surface area contributed by atoms with E-state index in [4.69, 9.17) is 5.73 Å². The fourth-order valence-corrected chi connectivity index (χ4v) is 1.48. The van der Waals surface area contributed by atoms with Gasteiger partial charge >= 0.3 is 6.18 Å². The molecule has 2 N–H and O–H groups in total. The molecule has 0 atom stereocenters. The molecule has 0 spiro atoms. The molecule has 0 bridgehead atoms. The van der Waals surface area contributed by atoms with E-state index < -0.39 is 11.7 Å². The second-order valence-electron chi connectivity index (χ2n) is 3.98. The van der Waals surface area contributed by atoms with E-state index in [1.807, 2.05) is 0 Å². The van der Waals surface area contributed by atoms with Crippen molar-refractivity contribution in [3.63, 3.8) is 0 Å². The third-order valence-electron chi connectivity index (χ3n) is 2.48. The molecule has 1 amide bonds. The van der Waals surface area contributed by atoms with E-state index in [0.29, 0.717) is 5.56 Å². The van der Waals surface area contributed by atoms with Gasteiger partial charge in [-0.15, -0.1) is 0 Å². The normalized spacial score (nSPS) is 11.4. The summed E-state index contributed by atoms with van der Waals surface area (Å²) >= 11 is 0. The number of alkyl halides is 3. The standard InChI is InChI=1S/C12H15F3N2O/c1-17(11(18)6-7-16)8-9-2-4-10(5-3-9)12(13,14)15/h2-5H,6-8,16H2,1H3. The van der Waals surface area contributed by atoms with E-state index in [9.17, 15) is 18.0 Å². The summed E-state index contributed by atoms with van der Waals surface area (Å²) in [4.78, 5) is 12.9. The van der Waals surface area contributed by atoms with E-state index in [-0.39, 0.29) is 25.4 Å². The van der Waals surface area contributed by atoms with E-state index in [2.05, 4.69) is 0 Å². The van der Waals surface area contributed by atoms with Crippen LogP contribution in [-0.4, -0.2) is 24.4 Å². The molecule has 0 aromatic heterocycles. The lowest BCUT2D eigenvalue weighted by Crippen LogP contribution is -2.27. The van der Waals surface area contributed by atoms with Gasteiger partial charge in [0.2, 0.25) is 5.91 Å². The predicted octanol–water partition coefficient (Wildman–Crippen LogP) is 2.01. The highest BCUT2D eigenvalue weighted by Crippen LogP contribution is 2.29. The second kappa shape index (κ2) is 5.86. The Hall–Kier alpha value is -1.56. The summed E-state index contributed by atoms with van der Waals surface area (Å²) in [7, 11) is 1.59. The molecule has 1 rings (SSSR count). The van der Waals surface area contributed by atoms with Crippen molar-refractivity contribution >= 4 is 5.91 Å². The molecule has 0 saturated carbocycles. The van der Waals surface area contributed by atoms with Gasteiger partial charge in [0.05, 0.1) is 5.56 Å². The van der Waals surface area contributed by atoms with Crippen LogP contribution in [-0.2, 0) is 17.5 Å². The summed E-state index contributed by atoms with van der Waals surface area (Å²) in [6, 6.07) is 4.76. The summed E-state index contributed by atoms with van der Waals surface area (Å²) in [6.07, 6.45) is -4.10. The zero-order valence-electron chi connectivity index (χ0n) is 10.00. The lowest BCUT2D eigenvalue weighted by Gasteiger charge is -2.17. The SMILES string of the molecule is CN(Cc1ccc(C(F)(F)F)cc1)C(=O)CCN. The van der Waals surface area contributed by atoms with Crippen LogP contribution >= 0.6 is 0 Å². The number of nitrogens with zero attached hydrogens (tertiary/aromatic N) is 1. The third-order valence-corrected chi connectivity index (χ3v) is 2.48. The fourth-order valence-electron chi connectivity index (χ4n) is 1.48. The van der Waals surface area contributed by atoms with Crippen LogP contribution in [0.5, 0.6) is 0 Å². The zero-order chi connectivity index (χ0) is 13.8. The topological polar surface area (TPSA) is 46.3 Å². The van der Waals surface area contributed by atoms with Crippen LogP contribution in [0.1, 0.15) is 17.5 Å². The average molecular weight is 260 g/mol. The fraction of sp³-hybridized carbons (Fsp3) is 0.417. The smallest absolute Gasteiger partial charge is 0.341 e. The molecule has 1 aromatic rings. The van der Waals surface area contributed by atoms with Crippen LogP contribution in [0.25, 0.3) is 0 Å². The number of halogens is 3. The molecule has 0 aliphatic rings. The second-order valence-corrected chi connectivity index (χ2v) is 3.98. The molecule has 100 valence electrons. The number of nitrogens with two attached hydrogens (primary N) is 1. The molecule has 6 heteroatoms. The first kappa shape index (κ1) is 14.5. The molecule has 0 radical (unpaired) electrons. The molecule has 0 aliphatic carbocycles. The molecule has 0 aliphatic heterocycles. The van der Waals surface area contributed by atoms with Crippen molar-refractivity contribution in [3.05, 3.63) is 35.4 Å². The number of carbonyl (C=O) groups excluding carboxylic acids is 1. The van der Waals surface area contributed by atoms with Crippen LogP contribution in [0.15, 0.2) is 24.3 Å². The van der Waals surface area contributed by atoms with E-state index in [1.54, 1.807) is 7.05 Å².